The highest BCUT2D eigenvalue weighted by Crippen LogP contribution is 2.60. The van der Waals surface area contributed by atoms with Crippen LogP contribution in [0.3, 0.4) is 0 Å². The molecule has 0 radical (unpaired) electrons. The Bertz CT molecular complexity index is 575. The van der Waals surface area contributed by atoms with E-state index < -0.39 is 23.6 Å². The summed E-state index contributed by atoms with van der Waals surface area (Å²) in [4.78, 5) is 24.5. The Morgan fingerprint density at radius 3 is 2.12 bits per heavy atom. The molecule has 25 heavy (non-hydrogen) atoms. The largest absolute Gasteiger partial charge is 0.455 e. The third-order valence-electron chi connectivity index (χ3n) is 6.30. The van der Waals surface area contributed by atoms with Gasteiger partial charge in [0.2, 0.25) is 6.10 Å². The van der Waals surface area contributed by atoms with E-state index in [1.54, 1.807) is 6.92 Å². The number of carbonyl (C=O) groups is 2. The molecule has 4 fully saturated rings. The Hall–Kier alpha value is -1.84. The summed E-state index contributed by atoms with van der Waals surface area (Å²) in [5.74, 6) is 1.18. The zero-order valence-corrected chi connectivity index (χ0v) is 15.0. The summed E-state index contributed by atoms with van der Waals surface area (Å²) in [5, 5.41) is 0. The molecule has 4 heteroatoms. The van der Waals surface area contributed by atoms with Crippen LogP contribution in [-0.2, 0) is 19.1 Å². The van der Waals surface area contributed by atoms with Gasteiger partial charge in [-0.2, -0.15) is 0 Å². The Kier molecular flexibility index (Phi) is 4.90. The van der Waals surface area contributed by atoms with Gasteiger partial charge in [0.25, 0.3) is 0 Å². The van der Waals surface area contributed by atoms with E-state index in [1.807, 2.05) is 6.08 Å². The summed E-state index contributed by atoms with van der Waals surface area (Å²) in [6, 6.07) is 0. The zero-order valence-electron chi connectivity index (χ0n) is 15.0. The number of rotatable bonds is 7. The maximum absolute atomic E-state index is 12.8. The quantitative estimate of drug-likeness (QED) is 0.398. The van der Waals surface area contributed by atoms with E-state index in [-0.39, 0.29) is 5.57 Å². The molecule has 0 spiro atoms. The molecule has 0 aromatic heterocycles. The van der Waals surface area contributed by atoms with Crippen molar-refractivity contribution in [1.82, 2.24) is 0 Å². The Balaban J connectivity index is 1.78. The van der Waals surface area contributed by atoms with Gasteiger partial charge in [0.1, 0.15) is 5.60 Å². The van der Waals surface area contributed by atoms with Crippen LogP contribution in [0.5, 0.6) is 0 Å². The first-order valence-electron chi connectivity index (χ1n) is 9.22. The van der Waals surface area contributed by atoms with Gasteiger partial charge in [-0.1, -0.05) is 19.2 Å². The van der Waals surface area contributed by atoms with E-state index in [1.165, 1.54) is 12.5 Å². The smallest absolute Gasteiger partial charge is 0.352 e. The first-order valence-corrected chi connectivity index (χ1v) is 9.22. The van der Waals surface area contributed by atoms with Crippen molar-refractivity contribution in [3.8, 4) is 0 Å². The number of hydrogen-bond donors (Lipinski definition) is 0. The van der Waals surface area contributed by atoms with Gasteiger partial charge in [0.05, 0.1) is 0 Å². The predicted octanol–water partition coefficient (Wildman–Crippen LogP) is 3.97. The van der Waals surface area contributed by atoms with Gasteiger partial charge in [-0.15, -0.1) is 6.58 Å². The molecule has 1 unspecified atom stereocenters. The normalized spacial score (nSPS) is 36.4. The van der Waals surface area contributed by atoms with Crippen molar-refractivity contribution in [3.63, 3.8) is 0 Å². The fourth-order valence-corrected chi connectivity index (χ4v) is 5.40. The highest BCUT2D eigenvalue weighted by molar-refractivity contribution is 5.90. The molecule has 4 aliphatic carbocycles. The van der Waals surface area contributed by atoms with Crippen molar-refractivity contribution in [2.24, 2.45) is 23.7 Å². The van der Waals surface area contributed by atoms with E-state index in [4.69, 9.17) is 9.47 Å². The Labute approximate surface area is 150 Å². The summed E-state index contributed by atoms with van der Waals surface area (Å²) in [5.41, 5.74) is -0.251. The van der Waals surface area contributed by atoms with Gasteiger partial charge >= 0.3 is 11.9 Å². The third kappa shape index (κ3) is 3.19. The molecule has 4 aliphatic rings. The second-order valence-electron chi connectivity index (χ2n) is 8.02. The Morgan fingerprint density at radius 1 is 1.12 bits per heavy atom. The molecule has 0 aromatic carbocycles. The maximum Gasteiger partial charge on any atom is 0.352 e. The van der Waals surface area contributed by atoms with Crippen molar-refractivity contribution in [2.75, 3.05) is 0 Å². The molecule has 4 nitrogen and oxygen atoms in total. The Morgan fingerprint density at radius 2 is 1.68 bits per heavy atom. The first-order chi connectivity index (χ1) is 11.9. The van der Waals surface area contributed by atoms with Gasteiger partial charge in [-0.25, -0.2) is 9.59 Å². The van der Waals surface area contributed by atoms with Crippen molar-refractivity contribution >= 4 is 11.9 Å². The van der Waals surface area contributed by atoms with Crippen LogP contribution in [0.4, 0.5) is 0 Å². The fraction of sp³-hybridized carbons (Fsp3) is 0.619. The molecule has 4 bridgehead atoms. The lowest BCUT2D eigenvalue weighted by atomic mass is 9.49. The van der Waals surface area contributed by atoms with E-state index in [0.29, 0.717) is 18.3 Å². The van der Waals surface area contributed by atoms with Crippen LogP contribution in [0.15, 0.2) is 37.5 Å². The van der Waals surface area contributed by atoms with Crippen LogP contribution in [0.2, 0.25) is 0 Å². The van der Waals surface area contributed by atoms with Gasteiger partial charge in [0, 0.05) is 12.0 Å². The number of esters is 2. The second-order valence-corrected chi connectivity index (χ2v) is 8.02. The third-order valence-corrected chi connectivity index (χ3v) is 6.30. The van der Waals surface area contributed by atoms with Crippen molar-refractivity contribution in [2.45, 2.75) is 57.2 Å². The molecule has 0 aliphatic heterocycles. The monoisotopic (exact) mass is 344 g/mol. The molecule has 4 saturated carbocycles. The average molecular weight is 344 g/mol. The SMILES string of the molecule is C=CCC1(OC(=O)C(C=C)OC(=O)C(=C)C)C2CC3CC(C2)CC1C3. The lowest BCUT2D eigenvalue weighted by Crippen LogP contribution is -2.60. The van der Waals surface area contributed by atoms with E-state index in [9.17, 15) is 9.59 Å². The minimum atomic E-state index is -1.09. The molecular weight excluding hydrogens is 316 g/mol. The van der Waals surface area contributed by atoms with Crippen LogP contribution in [0.1, 0.15) is 45.4 Å². The van der Waals surface area contributed by atoms with Crippen LogP contribution in [0, 0.1) is 23.7 Å². The molecular formula is C21H28O4. The molecule has 0 aromatic rings. The molecule has 136 valence electrons. The number of hydrogen-bond acceptors (Lipinski definition) is 4. The number of ether oxygens (including phenoxy) is 2. The summed E-state index contributed by atoms with van der Waals surface area (Å²) >= 11 is 0. The van der Waals surface area contributed by atoms with Crippen LogP contribution in [-0.4, -0.2) is 23.6 Å². The minimum Gasteiger partial charge on any atom is -0.455 e. The molecule has 0 N–H and O–H groups in total. The maximum atomic E-state index is 12.8. The molecule has 0 heterocycles. The topological polar surface area (TPSA) is 52.6 Å². The average Bonchev–Trinajstić information content (AvgIpc) is 2.56. The van der Waals surface area contributed by atoms with Gasteiger partial charge in [0.15, 0.2) is 0 Å². The fourth-order valence-electron chi connectivity index (χ4n) is 5.40. The van der Waals surface area contributed by atoms with Gasteiger partial charge in [-0.05, 0) is 68.8 Å². The van der Waals surface area contributed by atoms with E-state index in [0.717, 1.165) is 37.5 Å². The van der Waals surface area contributed by atoms with Crippen LogP contribution in [0.25, 0.3) is 0 Å². The molecule has 0 amide bonds. The highest BCUT2D eigenvalue weighted by Gasteiger charge is 2.59. The van der Waals surface area contributed by atoms with Crippen LogP contribution < -0.4 is 0 Å². The standard InChI is InChI=1S/C21H28O4/c1-5-7-21(16-9-14-8-15(11-16)12-17(21)10-14)25-20(23)18(6-2)24-19(22)13(3)4/h5-6,14-18H,1-3,7-12H2,4H3. The van der Waals surface area contributed by atoms with Crippen molar-refractivity contribution in [3.05, 3.63) is 37.5 Å². The zero-order chi connectivity index (χ0) is 18.2. The minimum absolute atomic E-state index is 0.245. The summed E-state index contributed by atoms with van der Waals surface area (Å²) < 4.78 is 11.3. The van der Waals surface area contributed by atoms with E-state index >= 15 is 0 Å². The van der Waals surface area contributed by atoms with Crippen LogP contribution >= 0.6 is 0 Å². The van der Waals surface area contributed by atoms with Gasteiger partial charge in [-0.3, -0.25) is 0 Å². The number of carbonyl (C=O) groups excluding carboxylic acids is 2. The summed E-state index contributed by atoms with van der Waals surface area (Å²) in [6.07, 6.45) is 8.57. The summed E-state index contributed by atoms with van der Waals surface area (Å²) in [7, 11) is 0. The predicted molar refractivity (Wildman–Crippen MR) is 95.6 cm³/mol. The van der Waals surface area contributed by atoms with Crippen molar-refractivity contribution in [1.29, 1.82) is 0 Å². The molecule has 4 rings (SSSR count). The van der Waals surface area contributed by atoms with Crippen molar-refractivity contribution < 1.29 is 19.1 Å². The lowest BCUT2D eigenvalue weighted by Gasteiger charge is -2.60. The molecule has 0 saturated heterocycles. The highest BCUT2D eigenvalue weighted by atomic mass is 16.6. The lowest BCUT2D eigenvalue weighted by molar-refractivity contribution is -0.215. The first kappa shape index (κ1) is 18.0. The second kappa shape index (κ2) is 6.81. The molecule has 1 atom stereocenters. The summed E-state index contributed by atoms with van der Waals surface area (Å²) in [6.45, 7) is 12.6. The van der Waals surface area contributed by atoms with E-state index in [2.05, 4.69) is 19.7 Å². The van der Waals surface area contributed by atoms with Gasteiger partial charge < -0.3 is 9.47 Å².